The molecule has 0 bridgehead atoms. The number of anilines is 1. The summed E-state index contributed by atoms with van der Waals surface area (Å²) < 4.78 is 0. The van der Waals surface area contributed by atoms with E-state index >= 15 is 0 Å². The van der Waals surface area contributed by atoms with Gasteiger partial charge in [-0.2, -0.15) is 0 Å². The lowest BCUT2D eigenvalue weighted by molar-refractivity contribution is 0.249. The van der Waals surface area contributed by atoms with Gasteiger partial charge in [-0.15, -0.1) is 0 Å². The number of carbonyl (C=O) groups is 1. The summed E-state index contributed by atoms with van der Waals surface area (Å²) in [5.41, 5.74) is 2.79. The van der Waals surface area contributed by atoms with Crippen LogP contribution in [0.3, 0.4) is 0 Å². The van der Waals surface area contributed by atoms with Crippen molar-refractivity contribution in [2.75, 3.05) is 5.32 Å². The van der Waals surface area contributed by atoms with E-state index in [1.165, 1.54) is 5.56 Å². The summed E-state index contributed by atoms with van der Waals surface area (Å²) in [7, 11) is 0. The fourth-order valence-corrected chi connectivity index (χ4v) is 2.32. The third-order valence-corrected chi connectivity index (χ3v) is 3.69. The van der Waals surface area contributed by atoms with Gasteiger partial charge in [-0.05, 0) is 43.5 Å². The largest absolute Gasteiger partial charge is 0.335 e. The summed E-state index contributed by atoms with van der Waals surface area (Å²) in [4.78, 5) is 12.0. The molecule has 0 aliphatic carbocycles. The second kappa shape index (κ2) is 7.14. The Bertz CT molecular complexity index is 613. The van der Waals surface area contributed by atoms with Crippen LogP contribution in [0.15, 0.2) is 48.5 Å². The van der Waals surface area contributed by atoms with Gasteiger partial charge in [0.2, 0.25) is 0 Å². The number of carbonyl (C=O) groups excluding carboxylic acids is 1. The van der Waals surface area contributed by atoms with Crippen molar-refractivity contribution < 1.29 is 4.79 Å². The first-order valence-electron chi connectivity index (χ1n) is 6.93. The predicted molar refractivity (Wildman–Crippen MR) is 88.0 cm³/mol. The minimum atomic E-state index is -0.219. The van der Waals surface area contributed by atoms with Crippen molar-refractivity contribution in [1.82, 2.24) is 5.32 Å². The minimum Gasteiger partial charge on any atom is -0.335 e. The highest BCUT2D eigenvalue weighted by molar-refractivity contribution is 6.31. The average molecular weight is 303 g/mol. The summed E-state index contributed by atoms with van der Waals surface area (Å²) in [6, 6.07) is 15.4. The molecule has 3 nitrogen and oxygen atoms in total. The Morgan fingerprint density at radius 3 is 2.57 bits per heavy atom. The highest BCUT2D eigenvalue weighted by Crippen LogP contribution is 2.22. The molecule has 2 aromatic rings. The Balaban J connectivity index is 1.91. The van der Waals surface area contributed by atoms with Crippen LogP contribution < -0.4 is 10.6 Å². The van der Waals surface area contributed by atoms with Crippen molar-refractivity contribution in [3.63, 3.8) is 0 Å². The van der Waals surface area contributed by atoms with Crippen molar-refractivity contribution in [2.45, 2.75) is 26.3 Å². The standard InChI is InChI=1S/C17H19ClN2O/c1-12(11-14-7-4-3-5-8-14)19-17(21)20-16-10-6-9-15(18)13(16)2/h3-10,12H,11H2,1-2H3,(H2,19,20,21). The number of nitrogens with one attached hydrogen (secondary N) is 2. The van der Waals surface area contributed by atoms with Gasteiger partial charge in [0.25, 0.3) is 0 Å². The molecule has 0 aliphatic heterocycles. The third kappa shape index (κ3) is 4.50. The van der Waals surface area contributed by atoms with E-state index in [0.29, 0.717) is 5.02 Å². The SMILES string of the molecule is Cc1c(Cl)cccc1NC(=O)NC(C)Cc1ccccc1. The van der Waals surface area contributed by atoms with Gasteiger partial charge < -0.3 is 10.6 Å². The smallest absolute Gasteiger partial charge is 0.319 e. The highest BCUT2D eigenvalue weighted by Gasteiger charge is 2.10. The molecule has 0 heterocycles. The maximum atomic E-state index is 12.0. The van der Waals surface area contributed by atoms with Crippen LogP contribution in [0, 0.1) is 6.92 Å². The van der Waals surface area contributed by atoms with Crippen LogP contribution in [0.5, 0.6) is 0 Å². The Morgan fingerprint density at radius 1 is 1.14 bits per heavy atom. The quantitative estimate of drug-likeness (QED) is 0.863. The highest BCUT2D eigenvalue weighted by atomic mass is 35.5. The van der Waals surface area contributed by atoms with Crippen LogP contribution in [-0.4, -0.2) is 12.1 Å². The van der Waals surface area contributed by atoms with E-state index in [4.69, 9.17) is 11.6 Å². The Hall–Kier alpha value is -2.00. The molecule has 0 aromatic heterocycles. The number of urea groups is 1. The lowest BCUT2D eigenvalue weighted by Crippen LogP contribution is -2.37. The molecule has 0 saturated heterocycles. The van der Waals surface area contributed by atoms with Crippen molar-refractivity contribution in [3.8, 4) is 0 Å². The molecule has 2 rings (SSSR count). The zero-order valence-electron chi connectivity index (χ0n) is 12.2. The molecule has 4 heteroatoms. The van der Waals surface area contributed by atoms with E-state index in [9.17, 15) is 4.79 Å². The second-order valence-corrected chi connectivity index (χ2v) is 5.51. The van der Waals surface area contributed by atoms with Crippen LogP contribution in [-0.2, 0) is 6.42 Å². The van der Waals surface area contributed by atoms with Gasteiger partial charge in [0.05, 0.1) is 0 Å². The minimum absolute atomic E-state index is 0.0480. The summed E-state index contributed by atoms with van der Waals surface area (Å²) in [6.07, 6.45) is 0.794. The molecule has 21 heavy (non-hydrogen) atoms. The van der Waals surface area contributed by atoms with Gasteiger partial charge in [0.15, 0.2) is 0 Å². The number of amides is 2. The van der Waals surface area contributed by atoms with Gasteiger partial charge >= 0.3 is 6.03 Å². The van der Waals surface area contributed by atoms with Crippen molar-refractivity contribution in [1.29, 1.82) is 0 Å². The molecular weight excluding hydrogens is 284 g/mol. The van der Waals surface area contributed by atoms with Crippen molar-refractivity contribution in [3.05, 3.63) is 64.7 Å². The first-order valence-corrected chi connectivity index (χ1v) is 7.30. The third-order valence-electron chi connectivity index (χ3n) is 3.28. The summed E-state index contributed by atoms with van der Waals surface area (Å²) in [6.45, 7) is 3.86. The molecule has 0 aliphatic rings. The van der Waals surface area contributed by atoms with E-state index in [0.717, 1.165) is 17.7 Å². The van der Waals surface area contributed by atoms with Gasteiger partial charge in [-0.25, -0.2) is 4.79 Å². The number of halogens is 1. The monoisotopic (exact) mass is 302 g/mol. The summed E-state index contributed by atoms with van der Waals surface area (Å²) >= 11 is 6.04. The normalized spacial score (nSPS) is 11.8. The Morgan fingerprint density at radius 2 is 1.86 bits per heavy atom. The van der Waals surface area contributed by atoms with E-state index in [1.807, 2.05) is 44.2 Å². The van der Waals surface area contributed by atoms with E-state index in [1.54, 1.807) is 6.07 Å². The fourth-order valence-electron chi connectivity index (χ4n) is 2.14. The van der Waals surface area contributed by atoms with Crippen molar-refractivity contribution >= 4 is 23.3 Å². The molecule has 0 spiro atoms. The number of rotatable bonds is 4. The van der Waals surface area contributed by atoms with Crippen LogP contribution in [0.1, 0.15) is 18.1 Å². The maximum Gasteiger partial charge on any atom is 0.319 e. The molecule has 110 valence electrons. The zero-order chi connectivity index (χ0) is 15.2. The maximum absolute atomic E-state index is 12.0. The predicted octanol–water partition coefficient (Wildman–Crippen LogP) is 4.40. The van der Waals surface area contributed by atoms with Gasteiger partial charge in [0, 0.05) is 16.8 Å². The number of benzene rings is 2. The summed E-state index contributed by atoms with van der Waals surface area (Å²) in [5, 5.41) is 6.41. The average Bonchev–Trinajstić information content (AvgIpc) is 2.44. The van der Waals surface area contributed by atoms with Gasteiger partial charge in [0.1, 0.15) is 0 Å². The molecule has 2 N–H and O–H groups in total. The fraction of sp³-hybridized carbons (Fsp3) is 0.235. The molecule has 0 saturated carbocycles. The van der Waals surface area contributed by atoms with Gasteiger partial charge in [-0.3, -0.25) is 0 Å². The molecule has 0 fully saturated rings. The number of hydrogen-bond acceptors (Lipinski definition) is 1. The van der Waals surface area contributed by atoms with Crippen LogP contribution in [0.2, 0.25) is 5.02 Å². The number of hydrogen-bond donors (Lipinski definition) is 2. The Labute approximate surface area is 130 Å². The molecular formula is C17H19ClN2O. The van der Waals surface area contributed by atoms with Crippen molar-refractivity contribution in [2.24, 2.45) is 0 Å². The molecule has 2 amide bonds. The molecule has 2 aromatic carbocycles. The first kappa shape index (κ1) is 15.4. The molecule has 0 radical (unpaired) electrons. The van der Waals surface area contributed by atoms with E-state index in [2.05, 4.69) is 22.8 Å². The van der Waals surface area contributed by atoms with E-state index < -0.39 is 0 Å². The summed E-state index contributed by atoms with van der Waals surface area (Å²) in [5.74, 6) is 0. The molecule has 1 unspecified atom stereocenters. The van der Waals surface area contributed by atoms with E-state index in [-0.39, 0.29) is 12.1 Å². The lowest BCUT2D eigenvalue weighted by atomic mass is 10.1. The molecule has 1 atom stereocenters. The Kier molecular flexibility index (Phi) is 5.23. The van der Waals surface area contributed by atoms with Crippen LogP contribution >= 0.6 is 11.6 Å². The van der Waals surface area contributed by atoms with Crippen LogP contribution in [0.4, 0.5) is 10.5 Å². The zero-order valence-corrected chi connectivity index (χ0v) is 12.9. The first-order chi connectivity index (χ1) is 10.1. The second-order valence-electron chi connectivity index (χ2n) is 5.10. The van der Waals surface area contributed by atoms with Crippen LogP contribution in [0.25, 0.3) is 0 Å². The lowest BCUT2D eigenvalue weighted by Gasteiger charge is -2.16. The topological polar surface area (TPSA) is 41.1 Å². The van der Waals surface area contributed by atoms with Gasteiger partial charge in [-0.1, -0.05) is 48.0 Å².